The van der Waals surface area contributed by atoms with Crippen LogP contribution in [0.3, 0.4) is 0 Å². The lowest BCUT2D eigenvalue weighted by molar-refractivity contribution is -0.137. The van der Waals surface area contributed by atoms with Gasteiger partial charge in [0.1, 0.15) is 5.82 Å². The van der Waals surface area contributed by atoms with E-state index in [1.165, 1.54) is 16.4 Å². The number of halogens is 4. The topological polar surface area (TPSA) is 81.8 Å². The minimum Gasteiger partial charge on any atom is -0.369 e. The highest BCUT2D eigenvalue weighted by Crippen LogP contribution is 2.29. The van der Waals surface area contributed by atoms with Crippen molar-refractivity contribution in [2.24, 2.45) is 0 Å². The number of sulfonamides is 1. The fraction of sp³-hybridized carbons (Fsp3) is 0.350. The number of anilines is 2. The predicted octanol–water partition coefficient (Wildman–Crippen LogP) is 3.12. The number of carbonyl (C=O) groups excluding carboxylic acids is 1. The van der Waals surface area contributed by atoms with Gasteiger partial charge >= 0.3 is 12.2 Å². The Bertz CT molecular complexity index is 1020. The second kappa shape index (κ2) is 9.74. The van der Waals surface area contributed by atoms with Crippen molar-refractivity contribution in [3.8, 4) is 0 Å². The fourth-order valence-corrected chi connectivity index (χ4v) is 4.55. The van der Waals surface area contributed by atoms with Gasteiger partial charge in [-0.2, -0.15) is 17.5 Å². The van der Waals surface area contributed by atoms with E-state index < -0.39 is 27.8 Å². The van der Waals surface area contributed by atoms with Gasteiger partial charge in [0.15, 0.2) is 0 Å². The molecule has 0 saturated carbocycles. The van der Waals surface area contributed by atoms with E-state index in [1.54, 1.807) is 12.1 Å². The van der Waals surface area contributed by atoms with E-state index in [-0.39, 0.29) is 36.9 Å². The monoisotopic (exact) mass is 474 g/mol. The Hall–Kier alpha value is -2.86. The van der Waals surface area contributed by atoms with Crippen LogP contribution in [0.4, 0.5) is 33.7 Å². The van der Waals surface area contributed by atoms with E-state index in [1.807, 2.05) is 4.90 Å². The van der Waals surface area contributed by atoms with Crippen molar-refractivity contribution in [1.29, 1.82) is 0 Å². The number of carbonyl (C=O) groups is 1. The Morgan fingerprint density at radius 3 is 2.09 bits per heavy atom. The van der Waals surface area contributed by atoms with Gasteiger partial charge in [-0.15, -0.1) is 0 Å². The van der Waals surface area contributed by atoms with Crippen molar-refractivity contribution >= 4 is 27.4 Å². The summed E-state index contributed by atoms with van der Waals surface area (Å²) in [6.07, 6.45) is -4.47. The number of piperazine rings is 1. The maximum absolute atomic E-state index is 13.0. The molecule has 1 heterocycles. The molecule has 174 valence electrons. The van der Waals surface area contributed by atoms with E-state index in [2.05, 4.69) is 10.6 Å². The standard InChI is InChI=1S/C20H22F4N4O3S/c21-16-3-7-18(8-4-16)27-10-12-28(13-11-27)32(30,31)14-9-25-19(29)26-17-5-1-15(2-6-17)20(22,23)24/h1-8H,9-14H2,(H2,25,26,29). The fourth-order valence-electron chi connectivity index (χ4n) is 3.22. The third kappa shape index (κ3) is 6.33. The van der Waals surface area contributed by atoms with Gasteiger partial charge in [0.05, 0.1) is 11.3 Å². The number of benzene rings is 2. The largest absolute Gasteiger partial charge is 0.416 e. The summed E-state index contributed by atoms with van der Waals surface area (Å²) in [6.45, 7) is 1.27. The first-order valence-corrected chi connectivity index (χ1v) is 11.4. The Kier molecular flexibility index (Phi) is 7.24. The Morgan fingerprint density at radius 2 is 1.53 bits per heavy atom. The van der Waals surface area contributed by atoms with Crippen molar-refractivity contribution in [2.75, 3.05) is 48.7 Å². The Balaban J connectivity index is 1.43. The van der Waals surface area contributed by atoms with Gasteiger partial charge in [-0.1, -0.05) is 0 Å². The van der Waals surface area contributed by atoms with Gasteiger partial charge in [0, 0.05) is 44.1 Å². The van der Waals surface area contributed by atoms with Crippen molar-refractivity contribution in [3.63, 3.8) is 0 Å². The van der Waals surface area contributed by atoms with Crippen molar-refractivity contribution in [3.05, 3.63) is 59.9 Å². The molecule has 2 amide bonds. The smallest absolute Gasteiger partial charge is 0.369 e. The molecular weight excluding hydrogens is 452 g/mol. The molecule has 0 atom stereocenters. The molecule has 2 N–H and O–H groups in total. The summed E-state index contributed by atoms with van der Waals surface area (Å²) in [5, 5.41) is 4.74. The zero-order chi connectivity index (χ0) is 23.4. The molecule has 1 fully saturated rings. The number of amides is 2. The summed E-state index contributed by atoms with van der Waals surface area (Å²) >= 11 is 0. The average molecular weight is 474 g/mol. The summed E-state index contributed by atoms with van der Waals surface area (Å²) in [6, 6.07) is 9.15. The molecule has 0 bridgehead atoms. The quantitative estimate of drug-likeness (QED) is 0.631. The Morgan fingerprint density at radius 1 is 0.938 bits per heavy atom. The molecule has 32 heavy (non-hydrogen) atoms. The van der Waals surface area contributed by atoms with E-state index in [9.17, 15) is 30.8 Å². The number of hydrogen-bond donors (Lipinski definition) is 2. The summed E-state index contributed by atoms with van der Waals surface area (Å²) in [4.78, 5) is 13.9. The van der Waals surface area contributed by atoms with Crippen LogP contribution >= 0.6 is 0 Å². The first kappa shape index (κ1) is 23.8. The van der Waals surface area contributed by atoms with Crippen LogP contribution in [0.25, 0.3) is 0 Å². The van der Waals surface area contributed by atoms with Gasteiger partial charge in [-0.25, -0.2) is 17.6 Å². The molecule has 0 aromatic heterocycles. The molecule has 1 saturated heterocycles. The number of rotatable bonds is 6. The summed E-state index contributed by atoms with van der Waals surface area (Å²) in [5.74, 6) is -0.658. The molecule has 0 aliphatic carbocycles. The molecule has 7 nitrogen and oxygen atoms in total. The number of urea groups is 1. The van der Waals surface area contributed by atoms with Gasteiger partial charge in [-0.3, -0.25) is 0 Å². The third-order valence-electron chi connectivity index (χ3n) is 4.94. The van der Waals surface area contributed by atoms with Crippen LogP contribution in [0.5, 0.6) is 0 Å². The second-order valence-electron chi connectivity index (χ2n) is 7.13. The summed E-state index contributed by atoms with van der Waals surface area (Å²) in [5.41, 5.74) is 0.120. The zero-order valence-corrected chi connectivity index (χ0v) is 17.7. The minimum atomic E-state index is -4.47. The van der Waals surface area contributed by atoms with Gasteiger partial charge in [-0.05, 0) is 48.5 Å². The van der Waals surface area contributed by atoms with Gasteiger partial charge in [0.2, 0.25) is 10.0 Å². The first-order valence-electron chi connectivity index (χ1n) is 9.75. The van der Waals surface area contributed by atoms with Crippen LogP contribution in [-0.2, 0) is 16.2 Å². The molecule has 2 aromatic rings. The van der Waals surface area contributed by atoms with Gasteiger partial charge < -0.3 is 15.5 Å². The third-order valence-corrected chi connectivity index (χ3v) is 6.81. The molecule has 0 unspecified atom stereocenters. The molecule has 0 radical (unpaired) electrons. The molecular formula is C20H22F4N4O3S. The van der Waals surface area contributed by atoms with E-state index in [0.29, 0.717) is 13.1 Å². The molecule has 2 aromatic carbocycles. The maximum Gasteiger partial charge on any atom is 0.416 e. The SMILES string of the molecule is O=C(NCCS(=O)(=O)N1CCN(c2ccc(F)cc2)CC1)Nc1ccc(C(F)(F)F)cc1. The van der Waals surface area contributed by atoms with Crippen molar-refractivity contribution < 1.29 is 30.8 Å². The maximum atomic E-state index is 13.0. The highest BCUT2D eigenvalue weighted by Gasteiger charge is 2.30. The van der Waals surface area contributed by atoms with Crippen molar-refractivity contribution in [1.82, 2.24) is 9.62 Å². The lowest BCUT2D eigenvalue weighted by Gasteiger charge is -2.35. The Labute approximate surface area is 183 Å². The lowest BCUT2D eigenvalue weighted by Crippen LogP contribution is -2.50. The lowest BCUT2D eigenvalue weighted by atomic mass is 10.2. The van der Waals surface area contributed by atoms with Gasteiger partial charge in [0.25, 0.3) is 0 Å². The van der Waals surface area contributed by atoms with Crippen LogP contribution in [0.1, 0.15) is 5.56 Å². The number of nitrogens with zero attached hydrogens (tertiary/aromatic N) is 2. The van der Waals surface area contributed by atoms with Crippen LogP contribution < -0.4 is 15.5 Å². The predicted molar refractivity (Wildman–Crippen MR) is 112 cm³/mol. The van der Waals surface area contributed by atoms with E-state index in [4.69, 9.17) is 0 Å². The summed E-state index contributed by atoms with van der Waals surface area (Å²) in [7, 11) is -3.61. The second-order valence-corrected chi connectivity index (χ2v) is 9.22. The number of alkyl halides is 3. The zero-order valence-electron chi connectivity index (χ0n) is 16.9. The number of nitrogens with one attached hydrogen (secondary N) is 2. The van der Waals surface area contributed by atoms with E-state index in [0.717, 1.165) is 30.0 Å². The first-order chi connectivity index (χ1) is 15.0. The van der Waals surface area contributed by atoms with Crippen LogP contribution in [-0.4, -0.2) is 57.2 Å². The highest BCUT2D eigenvalue weighted by atomic mass is 32.2. The molecule has 1 aliphatic rings. The molecule has 3 rings (SSSR count). The highest BCUT2D eigenvalue weighted by molar-refractivity contribution is 7.89. The van der Waals surface area contributed by atoms with E-state index >= 15 is 0 Å². The van der Waals surface area contributed by atoms with Crippen molar-refractivity contribution in [2.45, 2.75) is 6.18 Å². The van der Waals surface area contributed by atoms with Crippen LogP contribution in [0.2, 0.25) is 0 Å². The molecule has 0 spiro atoms. The van der Waals surface area contributed by atoms with Crippen LogP contribution in [0, 0.1) is 5.82 Å². The average Bonchev–Trinajstić information content (AvgIpc) is 2.74. The normalized spacial score (nSPS) is 15.4. The molecule has 12 heteroatoms. The minimum absolute atomic E-state index is 0.148. The summed E-state index contributed by atoms with van der Waals surface area (Å²) < 4.78 is 77.1. The van der Waals surface area contributed by atoms with Crippen LogP contribution in [0.15, 0.2) is 48.5 Å². The molecule has 1 aliphatic heterocycles. The number of hydrogen-bond acceptors (Lipinski definition) is 4.